The van der Waals surface area contributed by atoms with Crippen molar-refractivity contribution < 1.29 is 45.9 Å². The second kappa shape index (κ2) is 17.7. The van der Waals surface area contributed by atoms with Gasteiger partial charge in [0.1, 0.15) is 0 Å². The minimum atomic E-state index is -4.70. The number of aromatic nitrogens is 1. The molecular weight excluding hydrogens is 892 g/mol. The Kier molecular flexibility index (Phi) is 13.2. The van der Waals surface area contributed by atoms with Gasteiger partial charge in [-0.25, -0.2) is 0 Å². The van der Waals surface area contributed by atoms with Gasteiger partial charge in [0, 0.05) is 67.4 Å². The molecule has 6 rings (SSSR count). The Hall–Kier alpha value is -3.58. The van der Waals surface area contributed by atoms with Gasteiger partial charge in [0.25, 0.3) is 0 Å². The zero-order valence-corrected chi connectivity index (χ0v) is 36.4. The third kappa shape index (κ3) is 9.52. The molecule has 4 aromatic carbocycles. The summed E-state index contributed by atoms with van der Waals surface area (Å²) in [5, 5.41) is 15.6. The van der Waals surface area contributed by atoms with E-state index in [0.717, 1.165) is 81.7 Å². The molecule has 0 unspecified atom stereocenters. The minimum Gasteiger partial charge on any atom is -0.512 e. The molecule has 3 nitrogen and oxygen atoms in total. The number of aliphatic hydroxyl groups is 1. The third-order valence-electron chi connectivity index (χ3n) is 10.5. The van der Waals surface area contributed by atoms with Crippen LogP contribution in [0.1, 0.15) is 102 Å². The van der Waals surface area contributed by atoms with E-state index >= 15 is 0 Å². The van der Waals surface area contributed by atoms with Gasteiger partial charge < -0.3 is 5.11 Å². The fraction of sp³-hybridized carbons (Fsp3) is 0.404. The number of rotatable bonds is 10. The number of carbonyl (C=O) groups excluding carboxylic acids is 1. The van der Waals surface area contributed by atoms with E-state index in [1.165, 1.54) is 23.1 Å². The predicted molar refractivity (Wildman–Crippen MR) is 223 cm³/mol. The summed E-state index contributed by atoms with van der Waals surface area (Å²) in [6.45, 7) is 16.5. The van der Waals surface area contributed by atoms with Crippen LogP contribution in [0.4, 0.5) is 13.2 Å². The minimum absolute atomic E-state index is 0. The van der Waals surface area contributed by atoms with Crippen molar-refractivity contribution in [2.75, 3.05) is 0 Å². The number of alkyl halides is 3. The number of carbonyl (C=O) groups is 1. The van der Waals surface area contributed by atoms with Crippen LogP contribution >= 0.6 is 11.3 Å². The van der Waals surface area contributed by atoms with Crippen molar-refractivity contribution in [1.82, 2.24) is 4.98 Å². The molecule has 0 aliphatic rings. The molecule has 0 amide bonds. The first kappa shape index (κ1) is 41.1. The molecule has 0 atom stereocenters. The molecule has 0 bridgehead atoms. The maximum Gasteiger partial charge on any atom is 0.394 e. The Morgan fingerprint density at radius 1 is 0.836 bits per heavy atom. The van der Waals surface area contributed by atoms with Crippen LogP contribution in [0.15, 0.2) is 84.8 Å². The molecule has 0 saturated carbocycles. The summed E-state index contributed by atoms with van der Waals surface area (Å²) in [5.74, 6) is 0.547. The van der Waals surface area contributed by atoms with Crippen LogP contribution in [-0.4, -0.2) is 22.1 Å². The number of fused-ring (bicyclic) bond motifs is 6. The van der Waals surface area contributed by atoms with E-state index in [1.54, 1.807) is 23.5 Å². The quantitative estimate of drug-likeness (QED) is 0.0846. The van der Waals surface area contributed by atoms with E-state index in [2.05, 4.69) is 45.0 Å². The van der Waals surface area contributed by atoms with Gasteiger partial charge in [-0.15, -0.1) is 40.5 Å². The largest absolute Gasteiger partial charge is 0.512 e. The van der Waals surface area contributed by atoms with Gasteiger partial charge in [0.2, 0.25) is 0 Å². The average molecular weight is 947 g/mol. The summed E-state index contributed by atoms with van der Waals surface area (Å²) < 4.78 is 60.2. The number of ketones is 1. The van der Waals surface area contributed by atoms with Crippen LogP contribution < -0.4 is 0 Å². The summed E-state index contributed by atoms with van der Waals surface area (Å²) >= 11 is 1.60. The molecule has 55 heavy (non-hydrogen) atoms. The number of hydrogen-bond donors (Lipinski definition) is 1. The van der Waals surface area contributed by atoms with Crippen LogP contribution in [0, 0.1) is 23.3 Å². The second-order valence-electron chi connectivity index (χ2n) is 15.7. The SMILES string of the molecule is CCC(CC)C(=O)/C=C(\O)C(CC)CC.[2H]C([2H])(c1ccc2c(ccc3c4ccnc(-c5[c-]c6ccccc6c(C(C)(C)C)c5)c4sc23)c1)C(C)(C)C(F)(F)F.[Ir]. The van der Waals surface area contributed by atoms with Crippen LogP contribution in [0.3, 0.4) is 0 Å². The zero-order chi connectivity index (χ0) is 41.4. The Balaban J connectivity index is 0.000000385. The Labute approximate surface area is 344 Å². The van der Waals surface area contributed by atoms with Crippen molar-refractivity contribution in [3.63, 3.8) is 0 Å². The monoisotopic (exact) mass is 947 g/mol. The summed E-state index contributed by atoms with van der Waals surface area (Å²) in [6, 6.07) is 24.7. The van der Waals surface area contributed by atoms with Gasteiger partial charge >= 0.3 is 6.18 Å². The molecule has 2 aromatic heterocycles. The molecule has 0 aliphatic heterocycles. The first-order valence-electron chi connectivity index (χ1n) is 19.9. The van der Waals surface area contributed by atoms with Gasteiger partial charge in [-0.1, -0.05) is 122 Å². The van der Waals surface area contributed by atoms with Crippen LogP contribution in [-0.2, 0) is 36.7 Å². The summed E-state index contributed by atoms with van der Waals surface area (Å²) in [5.41, 5.74) is 0.342. The topological polar surface area (TPSA) is 50.2 Å². The van der Waals surface area contributed by atoms with Gasteiger partial charge in [-0.3, -0.25) is 9.78 Å². The normalized spacial score (nSPS) is 13.6. The Morgan fingerprint density at radius 3 is 2.07 bits per heavy atom. The van der Waals surface area contributed by atoms with Crippen molar-refractivity contribution >= 4 is 58.8 Å². The van der Waals surface area contributed by atoms with E-state index in [4.69, 9.17) is 7.73 Å². The number of aliphatic hydroxyl groups excluding tert-OH is 1. The number of thiophene rings is 1. The van der Waals surface area contributed by atoms with Crippen molar-refractivity contribution in [3.8, 4) is 11.3 Å². The zero-order valence-electron chi connectivity index (χ0n) is 35.2. The first-order valence-corrected chi connectivity index (χ1v) is 19.7. The fourth-order valence-electron chi connectivity index (χ4n) is 6.95. The smallest absolute Gasteiger partial charge is 0.394 e. The van der Waals surface area contributed by atoms with Crippen LogP contribution in [0.25, 0.3) is 53.0 Å². The van der Waals surface area contributed by atoms with E-state index in [0.29, 0.717) is 5.39 Å². The summed E-state index contributed by atoms with van der Waals surface area (Å²) in [6.07, 6.45) is -0.590. The molecular formula is C47H53F3IrNO2S-. The fourth-order valence-corrected chi connectivity index (χ4v) is 8.28. The number of hydrogen-bond acceptors (Lipinski definition) is 4. The molecule has 0 fully saturated rings. The number of halogens is 3. The van der Waals surface area contributed by atoms with E-state index in [9.17, 15) is 23.1 Å². The van der Waals surface area contributed by atoms with E-state index in [-0.39, 0.29) is 54.5 Å². The molecule has 8 heteroatoms. The molecule has 1 radical (unpaired) electrons. The molecule has 1 N–H and O–H groups in total. The number of benzene rings is 4. The Morgan fingerprint density at radius 2 is 1.45 bits per heavy atom. The molecule has 6 aromatic rings. The van der Waals surface area contributed by atoms with E-state index < -0.39 is 18.0 Å². The number of allylic oxidation sites excluding steroid dienone is 2. The standard InChI is InChI=1S/C34H29F3NS.C13H24O2.Ir/c1-32(2,3)28-18-23(17-21-8-6-7-9-24(21)28)29-31-27(14-15-38-29)26-13-11-22-16-20(10-12-25(22)30(26)39-31)19-33(4,5)34(35,36)37;1-5-10(6-2)12(14)9-13(15)11(7-3)8-4;/h6-16,18H,19H2,1-5H3;9-11,14H,5-8H2,1-4H3;/q-1;;/b;12-9-;/i19D2;;. The van der Waals surface area contributed by atoms with E-state index in [1.807, 2.05) is 64.2 Å². The van der Waals surface area contributed by atoms with Gasteiger partial charge in [0.05, 0.1) is 11.2 Å². The van der Waals surface area contributed by atoms with Gasteiger partial charge in [-0.05, 0) is 65.3 Å². The van der Waals surface area contributed by atoms with Crippen molar-refractivity contribution in [2.45, 2.75) is 106 Å². The molecule has 0 aliphatic carbocycles. The molecule has 0 spiro atoms. The second-order valence-corrected chi connectivity index (χ2v) is 16.7. The van der Waals surface area contributed by atoms with Crippen LogP contribution in [0.5, 0.6) is 0 Å². The van der Waals surface area contributed by atoms with Crippen molar-refractivity contribution in [2.24, 2.45) is 17.3 Å². The van der Waals surface area contributed by atoms with Crippen molar-refractivity contribution in [1.29, 1.82) is 0 Å². The maximum atomic E-state index is 13.8. The first-order chi connectivity index (χ1) is 26.2. The third-order valence-corrected chi connectivity index (χ3v) is 11.7. The van der Waals surface area contributed by atoms with Crippen LogP contribution in [0.2, 0.25) is 0 Å². The number of nitrogens with zero attached hydrogens (tertiary/aromatic N) is 1. The van der Waals surface area contributed by atoms with Crippen molar-refractivity contribution in [3.05, 3.63) is 102 Å². The maximum absolute atomic E-state index is 13.8. The predicted octanol–water partition coefficient (Wildman–Crippen LogP) is 14.5. The average Bonchev–Trinajstić information content (AvgIpc) is 3.54. The molecule has 295 valence electrons. The summed E-state index contributed by atoms with van der Waals surface area (Å²) in [7, 11) is 0. The number of pyridine rings is 1. The molecule has 2 heterocycles. The molecule has 0 saturated heterocycles. The van der Waals surface area contributed by atoms with Gasteiger partial charge in [0.15, 0.2) is 5.78 Å². The van der Waals surface area contributed by atoms with Gasteiger partial charge in [-0.2, -0.15) is 13.2 Å². The summed E-state index contributed by atoms with van der Waals surface area (Å²) in [4.78, 5) is 16.5. The Bertz CT molecular complexity index is 2400.